The number of aliphatic hydroxyl groups excluding tert-OH is 1. The summed E-state index contributed by atoms with van der Waals surface area (Å²) in [5.74, 6) is 0.0435. The van der Waals surface area contributed by atoms with Gasteiger partial charge < -0.3 is 9.84 Å². The third-order valence-electron chi connectivity index (χ3n) is 2.33. The van der Waals surface area contributed by atoms with E-state index in [0.29, 0.717) is 5.75 Å². The summed E-state index contributed by atoms with van der Waals surface area (Å²) in [6, 6.07) is 5.07. The van der Waals surface area contributed by atoms with Crippen molar-refractivity contribution in [3.8, 4) is 5.75 Å². The lowest BCUT2D eigenvalue weighted by Gasteiger charge is -2.10. The molecule has 0 aliphatic carbocycles. The second kappa shape index (κ2) is 5.32. The first kappa shape index (κ1) is 13.0. The van der Waals surface area contributed by atoms with Crippen molar-refractivity contribution in [3.63, 3.8) is 0 Å². The smallest absolute Gasteiger partial charge is 0.184 e. The maximum Gasteiger partial charge on any atom is 0.184 e. The van der Waals surface area contributed by atoms with E-state index in [1.165, 1.54) is 7.11 Å². The summed E-state index contributed by atoms with van der Waals surface area (Å²) in [4.78, 5) is 0.156. The van der Waals surface area contributed by atoms with Gasteiger partial charge in [0.1, 0.15) is 10.6 Å². The van der Waals surface area contributed by atoms with Gasteiger partial charge in [-0.3, -0.25) is 0 Å². The van der Waals surface area contributed by atoms with Crippen LogP contribution in [0.1, 0.15) is 12.5 Å². The minimum absolute atomic E-state index is 0.156. The lowest BCUT2D eigenvalue weighted by molar-refractivity contribution is 0.319. The van der Waals surface area contributed by atoms with Crippen molar-refractivity contribution < 1.29 is 18.3 Å². The Kier molecular flexibility index (Phi) is 4.32. The molecule has 0 saturated heterocycles. The van der Waals surface area contributed by atoms with Crippen LogP contribution >= 0.6 is 0 Å². The fourth-order valence-electron chi connectivity index (χ4n) is 1.41. The number of ether oxygens (including phenoxy) is 1. The monoisotopic (exact) mass is 244 g/mol. The second-order valence-electron chi connectivity index (χ2n) is 3.38. The second-order valence-corrected chi connectivity index (χ2v) is 5.46. The minimum Gasteiger partial charge on any atom is -0.495 e. The van der Waals surface area contributed by atoms with Crippen molar-refractivity contribution in [1.82, 2.24) is 0 Å². The summed E-state index contributed by atoms with van der Waals surface area (Å²) in [6.45, 7) is 1.56. The fraction of sp³-hybridized carbons (Fsp3) is 0.455. The predicted octanol–water partition coefficient (Wildman–Crippen LogP) is 1.02. The Bertz CT molecular complexity index is 451. The fourth-order valence-corrected chi connectivity index (χ4v) is 2.66. The minimum atomic E-state index is -3.46. The van der Waals surface area contributed by atoms with Crippen LogP contribution in [0.25, 0.3) is 0 Å². The maximum absolute atomic E-state index is 11.8. The van der Waals surface area contributed by atoms with Gasteiger partial charge in [-0.15, -0.1) is 0 Å². The number of benzene rings is 1. The number of rotatable bonds is 5. The molecule has 1 N–H and O–H groups in total. The zero-order chi connectivity index (χ0) is 12.2. The van der Waals surface area contributed by atoms with E-state index in [9.17, 15) is 8.42 Å². The average Bonchev–Trinajstić information content (AvgIpc) is 2.28. The van der Waals surface area contributed by atoms with Crippen molar-refractivity contribution in [2.75, 3.05) is 19.5 Å². The van der Waals surface area contributed by atoms with Crippen LogP contribution in [0.15, 0.2) is 23.1 Å². The van der Waals surface area contributed by atoms with Gasteiger partial charge in [-0.05, 0) is 24.1 Å². The molecule has 0 saturated carbocycles. The highest BCUT2D eigenvalue weighted by molar-refractivity contribution is 7.91. The van der Waals surface area contributed by atoms with Gasteiger partial charge in [0.05, 0.1) is 19.5 Å². The quantitative estimate of drug-likeness (QED) is 0.840. The van der Waals surface area contributed by atoms with E-state index in [1.807, 2.05) is 13.0 Å². The first-order chi connectivity index (χ1) is 7.55. The molecule has 0 aromatic heterocycles. The van der Waals surface area contributed by atoms with Crippen LogP contribution in [0.2, 0.25) is 0 Å². The SMILES string of the molecule is CCc1ccc(OC)c(S(=O)(=O)CCO)c1. The molecule has 0 bridgehead atoms. The number of methoxy groups -OCH3 is 1. The Hall–Kier alpha value is -1.07. The van der Waals surface area contributed by atoms with E-state index in [1.54, 1.807) is 12.1 Å². The molecule has 0 aliphatic heterocycles. The van der Waals surface area contributed by atoms with Gasteiger partial charge in [0.2, 0.25) is 0 Å². The Labute approximate surface area is 95.8 Å². The Morgan fingerprint density at radius 2 is 2.06 bits per heavy atom. The van der Waals surface area contributed by atoms with Crippen LogP contribution in [0.5, 0.6) is 5.75 Å². The molecule has 1 rings (SSSR count). The number of hydrogen-bond acceptors (Lipinski definition) is 4. The Morgan fingerprint density at radius 1 is 1.38 bits per heavy atom. The molecule has 4 nitrogen and oxygen atoms in total. The predicted molar refractivity (Wildman–Crippen MR) is 61.5 cm³/mol. The molecule has 5 heteroatoms. The highest BCUT2D eigenvalue weighted by Crippen LogP contribution is 2.26. The number of aryl methyl sites for hydroxylation is 1. The Morgan fingerprint density at radius 3 is 2.56 bits per heavy atom. The summed E-state index contributed by atoms with van der Waals surface area (Å²) >= 11 is 0. The highest BCUT2D eigenvalue weighted by Gasteiger charge is 2.19. The number of sulfone groups is 1. The summed E-state index contributed by atoms with van der Waals surface area (Å²) in [6.07, 6.45) is 0.756. The molecule has 90 valence electrons. The van der Waals surface area contributed by atoms with Crippen molar-refractivity contribution in [2.24, 2.45) is 0 Å². The van der Waals surface area contributed by atoms with Crippen molar-refractivity contribution in [1.29, 1.82) is 0 Å². The topological polar surface area (TPSA) is 63.6 Å². The highest BCUT2D eigenvalue weighted by atomic mass is 32.2. The molecule has 0 radical (unpaired) electrons. The van der Waals surface area contributed by atoms with Gasteiger partial charge in [0.25, 0.3) is 0 Å². The zero-order valence-electron chi connectivity index (χ0n) is 9.43. The van der Waals surface area contributed by atoms with Crippen molar-refractivity contribution >= 4 is 9.84 Å². The summed E-state index contributed by atoms with van der Waals surface area (Å²) in [5.41, 5.74) is 0.928. The average molecular weight is 244 g/mol. The molecule has 0 atom stereocenters. The molecule has 0 amide bonds. The normalized spacial score (nSPS) is 11.4. The summed E-state index contributed by atoms with van der Waals surface area (Å²) in [7, 11) is -2.03. The standard InChI is InChI=1S/C11H16O4S/c1-3-9-4-5-10(15-2)11(8-9)16(13,14)7-6-12/h4-5,8,12H,3,6-7H2,1-2H3. The molecular formula is C11H16O4S. The van der Waals surface area contributed by atoms with E-state index >= 15 is 0 Å². The van der Waals surface area contributed by atoms with Gasteiger partial charge in [-0.2, -0.15) is 0 Å². The molecule has 16 heavy (non-hydrogen) atoms. The lowest BCUT2D eigenvalue weighted by Crippen LogP contribution is -2.11. The molecular weight excluding hydrogens is 228 g/mol. The summed E-state index contributed by atoms with van der Waals surface area (Å²) in [5, 5.41) is 8.73. The van der Waals surface area contributed by atoms with Crippen molar-refractivity contribution in [2.45, 2.75) is 18.2 Å². The molecule has 0 heterocycles. The molecule has 1 aromatic carbocycles. The van der Waals surface area contributed by atoms with E-state index in [2.05, 4.69) is 0 Å². The van der Waals surface area contributed by atoms with Gasteiger partial charge in [-0.25, -0.2) is 8.42 Å². The lowest BCUT2D eigenvalue weighted by atomic mass is 10.2. The molecule has 0 aliphatic rings. The number of hydrogen-bond donors (Lipinski definition) is 1. The van der Waals surface area contributed by atoms with Crippen LogP contribution in [0.4, 0.5) is 0 Å². The van der Waals surface area contributed by atoms with Crippen LogP contribution in [0, 0.1) is 0 Å². The van der Waals surface area contributed by atoms with Crippen LogP contribution in [0.3, 0.4) is 0 Å². The van der Waals surface area contributed by atoms with E-state index in [0.717, 1.165) is 12.0 Å². The molecule has 0 unspecified atom stereocenters. The van der Waals surface area contributed by atoms with Gasteiger partial charge in [0.15, 0.2) is 9.84 Å². The van der Waals surface area contributed by atoms with Gasteiger partial charge >= 0.3 is 0 Å². The van der Waals surface area contributed by atoms with E-state index in [4.69, 9.17) is 9.84 Å². The van der Waals surface area contributed by atoms with Crippen LogP contribution in [-0.4, -0.2) is 33.0 Å². The molecule has 1 aromatic rings. The van der Waals surface area contributed by atoms with Gasteiger partial charge in [0, 0.05) is 0 Å². The van der Waals surface area contributed by atoms with E-state index in [-0.39, 0.29) is 17.3 Å². The van der Waals surface area contributed by atoms with E-state index < -0.39 is 9.84 Å². The maximum atomic E-state index is 11.8. The third-order valence-corrected chi connectivity index (χ3v) is 4.04. The Balaban J connectivity index is 3.29. The first-order valence-corrected chi connectivity index (χ1v) is 6.71. The van der Waals surface area contributed by atoms with Gasteiger partial charge in [-0.1, -0.05) is 13.0 Å². The van der Waals surface area contributed by atoms with Crippen molar-refractivity contribution in [3.05, 3.63) is 23.8 Å². The number of aliphatic hydroxyl groups is 1. The summed E-state index contributed by atoms with van der Waals surface area (Å²) < 4.78 is 28.7. The third kappa shape index (κ3) is 2.74. The first-order valence-electron chi connectivity index (χ1n) is 5.05. The van der Waals surface area contributed by atoms with Crippen LogP contribution in [-0.2, 0) is 16.3 Å². The zero-order valence-corrected chi connectivity index (χ0v) is 10.3. The van der Waals surface area contributed by atoms with Crippen LogP contribution < -0.4 is 4.74 Å². The largest absolute Gasteiger partial charge is 0.495 e. The molecule has 0 fully saturated rings. The molecule has 0 spiro atoms.